The van der Waals surface area contributed by atoms with Crippen LogP contribution < -0.4 is 9.47 Å². The minimum atomic E-state index is -0.871. The normalized spacial score (nSPS) is 22.2. The van der Waals surface area contributed by atoms with Crippen molar-refractivity contribution in [1.29, 1.82) is 0 Å². The van der Waals surface area contributed by atoms with E-state index in [1.165, 1.54) is 31.5 Å². The maximum absolute atomic E-state index is 11.1. The summed E-state index contributed by atoms with van der Waals surface area (Å²) in [4.78, 5) is 4.76. The molecule has 0 spiro atoms. The molecule has 2 aliphatic heterocycles. The van der Waals surface area contributed by atoms with Crippen LogP contribution in [0.2, 0.25) is 5.02 Å². The lowest BCUT2D eigenvalue weighted by Crippen LogP contribution is -2.51. The Labute approximate surface area is 196 Å². The van der Waals surface area contributed by atoms with Gasteiger partial charge in [-0.05, 0) is 87.6 Å². The van der Waals surface area contributed by atoms with Crippen LogP contribution in [0, 0.1) is 6.92 Å². The standard InChI is InChI=1S/C26H35ClN2O3/c1-21-5-10-24(27)25(17-21)32-20-26(30)11-4-14-29(19-26)18-22-6-8-23(9-7-22)31-16-15-28-12-2-3-13-28/h5-10,17,30H,2-4,11-16,18-20H2,1H3/t26-/m0/s1. The number of nitrogens with zero attached hydrogens (tertiary/aromatic N) is 2. The SMILES string of the molecule is Cc1ccc(Cl)c(OC[C@]2(O)CCCN(Cc3ccc(OCCN4CCCC4)cc3)C2)c1. The highest BCUT2D eigenvalue weighted by atomic mass is 35.5. The second-order valence-corrected chi connectivity index (χ2v) is 9.71. The zero-order chi connectivity index (χ0) is 22.4. The number of aliphatic hydroxyl groups is 1. The molecule has 1 N–H and O–H groups in total. The van der Waals surface area contributed by atoms with Gasteiger partial charge in [-0.15, -0.1) is 0 Å². The Hall–Kier alpha value is -1.79. The summed E-state index contributed by atoms with van der Waals surface area (Å²) in [5.74, 6) is 1.56. The minimum Gasteiger partial charge on any atom is -0.492 e. The van der Waals surface area contributed by atoms with Crippen molar-refractivity contribution in [2.24, 2.45) is 0 Å². The predicted octanol–water partition coefficient (Wildman–Crippen LogP) is 4.53. The fourth-order valence-electron chi connectivity index (χ4n) is 4.64. The van der Waals surface area contributed by atoms with Gasteiger partial charge in [-0.2, -0.15) is 0 Å². The first-order valence-electron chi connectivity index (χ1n) is 11.8. The number of piperidine rings is 1. The van der Waals surface area contributed by atoms with Crippen molar-refractivity contribution in [1.82, 2.24) is 9.80 Å². The van der Waals surface area contributed by atoms with E-state index < -0.39 is 5.60 Å². The first-order chi connectivity index (χ1) is 15.5. The maximum atomic E-state index is 11.1. The van der Waals surface area contributed by atoms with E-state index >= 15 is 0 Å². The molecule has 32 heavy (non-hydrogen) atoms. The van der Waals surface area contributed by atoms with Gasteiger partial charge >= 0.3 is 0 Å². The zero-order valence-corrected chi connectivity index (χ0v) is 19.8. The molecule has 2 aromatic rings. The molecule has 1 atom stereocenters. The van der Waals surface area contributed by atoms with E-state index in [9.17, 15) is 5.11 Å². The van der Waals surface area contributed by atoms with Crippen LogP contribution in [0.1, 0.15) is 36.8 Å². The lowest BCUT2D eigenvalue weighted by molar-refractivity contribution is -0.0620. The van der Waals surface area contributed by atoms with Crippen LogP contribution in [0.5, 0.6) is 11.5 Å². The van der Waals surface area contributed by atoms with Crippen LogP contribution in [-0.4, -0.2) is 66.4 Å². The predicted molar refractivity (Wildman–Crippen MR) is 129 cm³/mol. The number of rotatable bonds is 9. The van der Waals surface area contributed by atoms with Gasteiger partial charge in [0.1, 0.15) is 30.3 Å². The lowest BCUT2D eigenvalue weighted by atomic mass is 9.93. The molecule has 4 rings (SSSR count). The molecular weight excluding hydrogens is 424 g/mol. The van der Waals surface area contributed by atoms with Crippen molar-refractivity contribution in [3.8, 4) is 11.5 Å². The third kappa shape index (κ3) is 6.61. The molecule has 2 fully saturated rings. The highest BCUT2D eigenvalue weighted by Crippen LogP contribution is 2.29. The molecule has 0 aliphatic carbocycles. The molecular formula is C26H35ClN2O3. The monoisotopic (exact) mass is 458 g/mol. The smallest absolute Gasteiger partial charge is 0.138 e. The van der Waals surface area contributed by atoms with Crippen LogP contribution >= 0.6 is 11.6 Å². The van der Waals surface area contributed by atoms with E-state index in [4.69, 9.17) is 21.1 Å². The fraction of sp³-hybridized carbons (Fsp3) is 0.538. The Morgan fingerprint density at radius 2 is 1.72 bits per heavy atom. The maximum Gasteiger partial charge on any atom is 0.138 e. The summed E-state index contributed by atoms with van der Waals surface area (Å²) in [5.41, 5.74) is 1.44. The largest absolute Gasteiger partial charge is 0.492 e. The third-order valence-electron chi connectivity index (χ3n) is 6.42. The lowest BCUT2D eigenvalue weighted by Gasteiger charge is -2.39. The molecule has 0 bridgehead atoms. The van der Waals surface area contributed by atoms with Crippen LogP contribution in [-0.2, 0) is 6.54 Å². The Morgan fingerprint density at radius 3 is 2.50 bits per heavy atom. The molecule has 0 unspecified atom stereocenters. The van der Waals surface area contributed by atoms with Gasteiger partial charge in [0.05, 0.1) is 5.02 Å². The summed E-state index contributed by atoms with van der Waals surface area (Å²) in [6, 6.07) is 14.1. The number of β-amino-alcohol motifs (C(OH)–C–C–N with tert-alkyl or cyclic N) is 1. The Bertz CT molecular complexity index is 870. The number of ether oxygens (including phenoxy) is 2. The van der Waals surface area contributed by atoms with Crippen molar-refractivity contribution < 1.29 is 14.6 Å². The second-order valence-electron chi connectivity index (χ2n) is 9.30. The molecule has 174 valence electrons. The molecule has 0 amide bonds. The summed E-state index contributed by atoms with van der Waals surface area (Å²) >= 11 is 6.24. The molecule has 2 aliphatic rings. The van der Waals surface area contributed by atoms with Gasteiger partial charge in [0.2, 0.25) is 0 Å². The highest BCUT2D eigenvalue weighted by Gasteiger charge is 2.34. The first kappa shape index (κ1) is 23.4. The van der Waals surface area contributed by atoms with Gasteiger partial charge in [0.25, 0.3) is 0 Å². The highest BCUT2D eigenvalue weighted by molar-refractivity contribution is 6.32. The van der Waals surface area contributed by atoms with Crippen molar-refractivity contribution in [2.45, 2.75) is 44.8 Å². The van der Waals surface area contributed by atoms with E-state index in [0.29, 0.717) is 17.3 Å². The van der Waals surface area contributed by atoms with Crippen molar-refractivity contribution in [3.63, 3.8) is 0 Å². The van der Waals surface area contributed by atoms with Gasteiger partial charge in [-0.1, -0.05) is 29.8 Å². The minimum absolute atomic E-state index is 0.246. The number of likely N-dealkylation sites (tertiary alicyclic amines) is 2. The summed E-state index contributed by atoms with van der Waals surface area (Å²) in [6.07, 6.45) is 4.30. The van der Waals surface area contributed by atoms with Gasteiger partial charge in [0, 0.05) is 19.6 Å². The van der Waals surface area contributed by atoms with Crippen LogP contribution in [0.3, 0.4) is 0 Å². The van der Waals surface area contributed by atoms with Gasteiger partial charge in [-0.3, -0.25) is 9.80 Å². The van der Waals surface area contributed by atoms with Crippen molar-refractivity contribution in [3.05, 3.63) is 58.6 Å². The van der Waals surface area contributed by atoms with Gasteiger partial charge in [0.15, 0.2) is 0 Å². The number of hydrogen-bond acceptors (Lipinski definition) is 5. The Kier molecular flexibility index (Phi) is 7.95. The third-order valence-corrected chi connectivity index (χ3v) is 6.73. The van der Waals surface area contributed by atoms with Crippen LogP contribution in [0.25, 0.3) is 0 Å². The van der Waals surface area contributed by atoms with Crippen molar-refractivity contribution >= 4 is 11.6 Å². The molecule has 0 aromatic heterocycles. The molecule has 5 nitrogen and oxygen atoms in total. The number of halogens is 1. The summed E-state index contributed by atoms with van der Waals surface area (Å²) in [6.45, 7) is 8.77. The number of aryl methyl sites for hydroxylation is 1. The molecule has 0 radical (unpaired) electrons. The summed E-state index contributed by atoms with van der Waals surface area (Å²) in [5, 5.41) is 11.7. The fourth-order valence-corrected chi connectivity index (χ4v) is 4.81. The number of benzene rings is 2. The second kappa shape index (κ2) is 10.9. The number of hydrogen-bond donors (Lipinski definition) is 1. The van der Waals surface area contributed by atoms with E-state index in [-0.39, 0.29) is 6.61 Å². The molecule has 2 aromatic carbocycles. The van der Waals surface area contributed by atoms with E-state index in [1.807, 2.05) is 25.1 Å². The van der Waals surface area contributed by atoms with Crippen LogP contribution in [0.15, 0.2) is 42.5 Å². The molecule has 6 heteroatoms. The summed E-state index contributed by atoms with van der Waals surface area (Å²) in [7, 11) is 0. The van der Waals surface area contributed by atoms with E-state index in [2.05, 4.69) is 34.1 Å². The summed E-state index contributed by atoms with van der Waals surface area (Å²) < 4.78 is 11.8. The molecule has 0 saturated carbocycles. The van der Waals surface area contributed by atoms with E-state index in [0.717, 1.165) is 50.4 Å². The first-order valence-corrected chi connectivity index (χ1v) is 12.1. The van der Waals surface area contributed by atoms with E-state index in [1.54, 1.807) is 0 Å². The van der Waals surface area contributed by atoms with Crippen molar-refractivity contribution in [2.75, 3.05) is 45.9 Å². The Morgan fingerprint density at radius 1 is 0.969 bits per heavy atom. The van der Waals surface area contributed by atoms with Gasteiger partial charge in [-0.25, -0.2) is 0 Å². The quantitative estimate of drug-likeness (QED) is 0.598. The molecule has 2 heterocycles. The van der Waals surface area contributed by atoms with Gasteiger partial charge < -0.3 is 14.6 Å². The molecule has 2 saturated heterocycles. The average Bonchev–Trinajstić information content (AvgIpc) is 3.29. The topological polar surface area (TPSA) is 45.2 Å². The Balaban J connectivity index is 1.25. The van der Waals surface area contributed by atoms with Crippen LogP contribution in [0.4, 0.5) is 0 Å². The average molecular weight is 459 g/mol. The zero-order valence-electron chi connectivity index (χ0n) is 19.1.